The molecular formula is C11H15NOS. The van der Waals surface area contributed by atoms with Gasteiger partial charge in [0, 0.05) is 15.2 Å². The Bertz CT molecular complexity index is 328. The molecule has 0 aromatic heterocycles. The molecule has 1 rings (SSSR count). The minimum absolute atomic E-state index is 0.166. The van der Waals surface area contributed by atoms with Crippen molar-refractivity contribution < 1.29 is 5.21 Å². The average molecular weight is 209 g/mol. The first-order valence-electron chi connectivity index (χ1n) is 4.48. The first-order chi connectivity index (χ1) is 6.53. The van der Waals surface area contributed by atoms with Gasteiger partial charge in [0.05, 0.1) is 6.21 Å². The van der Waals surface area contributed by atoms with Gasteiger partial charge in [-0.3, -0.25) is 0 Å². The third kappa shape index (κ3) is 3.42. The fourth-order valence-electron chi connectivity index (χ4n) is 1.07. The first kappa shape index (κ1) is 11.1. The van der Waals surface area contributed by atoms with Gasteiger partial charge in [-0.15, -0.1) is 11.8 Å². The standard InChI is InChI=1S/C11H15NOS/c1-11(2,3)14-10-7-5-4-6-9(10)8-12-13/h4-8,13H,1-3H3. The maximum atomic E-state index is 8.50. The quantitative estimate of drug-likeness (QED) is 0.350. The number of benzene rings is 1. The molecule has 0 aliphatic carbocycles. The van der Waals surface area contributed by atoms with Gasteiger partial charge in [0.1, 0.15) is 0 Å². The topological polar surface area (TPSA) is 32.6 Å². The molecule has 0 amide bonds. The minimum atomic E-state index is 0.166. The molecule has 1 N–H and O–H groups in total. The van der Waals surface area contributed by atoms with Crippen LogP contribution in [0.1, 0.15) is 26.3 Å². The SMILES string of the molecule is CC(C)(C)Sc1ccccc1C=NO. The highest BCUT2D eigenvalue weighted by molar-refractivity contribution is 8.00. The summed E-state index contributed by atoms with van der Waals surface area (Å²) in [6.07, 6.45) is 1.47. The number of hydrogen-bond donors (Lipinski definition) is 1. The molecule has 0 bridgehead atoms. The smallest absolute Gasteiger partial charge is 0.0745 e. The summed E-state index contributed by atoms with van der Waals surface area (Å²) in [5, 5.41) is 11.6. The third-order valence-electron chi connectivity index (χ3n) is 1.53. The fourth-order valence-corrected chi connectivity index (χ4v) is 2.12. The predicted molar refractivity (Wildman–Crippen MR) is 61.4 cm³/mol. The fraction of sp³-hybridized carbons (Fsp3) is 0.364. The van der Waals surface area contributed by atoms with Crippen molar-refractivity contribution >= 4 is 18.0 Å². The molecule has 0 atom stereocenters. The normalized spacial score (nSPS) is 12.2. The van der Waals surface area contributed by atoms with E-state index in [1.54, 1.807) is 11.8 Å². The van der Waals surface area contributed by atoms with Gasteiger partial charge in [-0.25, -0.2) is 0 Å². The Morgan fingerprint density at radius 3 is 2.50 bits per heavy atom. The lowest BCUT2D eigenvalue weighted by atomic mass is 10.2. The lowest BCUT2D eigenvalue weighted by Gasteiger charge is -2.18. The van der Waals surface area contributed by atoms with Crippen molar-refractivity contribution in [2.75, 3.05) is 0 Å². The van der Waals surface area contributed by atoms with Gasteiger partial charge in [-0.1, -0.05) is 44.1 Å². The molecular weight excluding hydrogens is 194 g/mol. The second-order valence-electron chi connectivity index (χ2n) is 4.00. The highest BCUT2D eigenvalue weighted by Crippen LogP contribution is 2.33. The second kappa shape index (κ2) is 4.51. The summed E-state index contributed by atoms with van der Waals surface area (Å²) in [6, 6.07) is 7.90. The van der Waals surface area contributed by atoms with Crippen LogP contribution in [0.5, 0.6) is 0 Å². The molecule has 1 aromatic rings. The van der Waals surface area contributed by atoms with Gasteiger partial charge >= 0.3 is 0 Å². The molecule has 0 saturated heterocycles. The predicted octanol–water partition coefficient (Wildman–Crippen LogP) is 3.39. The molecule has 0 heterocycles. The van der Waals surface area contributed by atoms with Crippen molar-refractivity contribution in [2.24, 2.45) is 5.16 Å². The Hall–Kier alpha value is -0.960. The van der Waals surface area contributed by atoms with Crippen LogP contribution in [0.25, 0.3) is 0 Å². The summed E-state index contributed by atoms with van der Waals surface area (Å²) in [7, 11) is 0. The molecule has 0 radical (unpaired) electrons. The van der Waals surface area contributed by atoms with Gasteiger partial charge in [0.25, 0.3) is 0 Å². The molecule has 0 unspecified atom stereocenters. The van der Waals surface area contributed by atoms with Crippen LogP contribution in [-0.4, -0.2) is 16.2 Å². The molecule has 0 spiro atoms. The van der Waals surface area contributed by atoms with E-state index < -0.39 is 0 Å². The van der Waals surface area contributed by atoms with Crippen molar-refractivity contribution in [3.05, 3.63) is 29.8 Å². The van der Waals surface area contributed by atoms with Gasteiger partial charge in [-0.05, 0) is 6.07 Å². The molecule has 76 valence electrons. The van der Waals surface area contributed by atoms with Crippen molar-refractivity contribution in [1.82, 2.24) is 0 Å². The van der Waals surface area contributed by atoms with Gasteiger partial charge in [0.2, 0.25) is 0 Å². The van der Waals surface area contributed by atoms with Crippen LogP contribution in [-0.2, 0) is 0 Å². The molecule has 0 fully saturated rings. The van der Waals surface area contributed by atoms with Crippen LogP contribution in [0, 0.1) is 0 Å². The highest BCUT2D eigenvalue weighted by Gasteiger charge is 2.13. The zero-order chi connectivity index (χ0) is 10.6. The molecule has 0 aliphatic heterocycles. The summed E-state index contributed by atoms with van der Waals surface area (Å²) in [5.74, 6) is 0. The second-order valence-corrected chi connectivity index (χ2v) is 5.87. The number of oxime groups is 1. The third-order valence-corrected chi connectivity index (χ3v) is 2.74. The number of hydrogen-bond acceptors (Lipinski definition) is 3. The van der Waals surface area contributed by atoms with Crippen molar-refractivity contribution in [2.45, 2.75) is 30.4 Å². The van der Waals surface area contributed by atoms with E-state index in [2.05, 4.69) is 25.9 Å². The van der Waals surface area contributed by atoms with Crippen LogP contribution < -0.4 is 0 Å². The van der Waals surface area contributed by atoms with E-state index in [-0.39, 0.29) is 4.75 Å². The summed E-state index contributed by atoms with van der Waals surface area (Å²) >= 11 is 1.76. The molecule has 1 aromatic carbocycles. The Labute approximate surface area is 89.0 Å². The number of rotatable bonds is 2. The van der Waals surface area contributed by atoms with Crippen LogP contribution in [0.2, 0.25) is 0 Å². The Morgan fingerprint density at radius 1 is 1.29 bits per heavy atom. The molecule has 0 aliphatic rings. The molecule has 2 nitrogen and oxygen atoms in total. The van der Waals surface area contributed by atoms with E-state index in [0.717, 1.165) is 10.5 Å². The van der Waals surface area contributed by atoms with Crippen LogP contribution in [0.15, 0.2) is 34.3 Å². The van der Waals surface area contributed by atoms with E-state index in [9.17, 15) is 0 Å². The van der Waals surface area contributed by atoms with E-state index >= 15 is 0 Å². The van der Waals surface area contributed by atoms with Crippen molar-refractivity contribution in [1.29, 1.82) is 0 Å². The van der Waals surface area contributed by atoms with Crippen LogP contribution in [0.4, 0.5) is 0 Å². The molecule has 0 saturated carbocycles. The first-order valence-corrected chi connectivity index (χ1v) is 5.30. The maximum Gasteiger partial charge on any atom is 0.0745 e. The Kier molecular flexibility index (Phi) is 3.58. The summed E-state index contributed by atoms with van der Waals surface area (Å²) in [5.41, 5.74) is 0.954. The van der Waals surface area contributed by atoms with Crippen molar-refractivity contribution in [3.63, 3.8) is 0 Å². The molecule has 3 heteroatoms. The minimum Gasteiger partial charge on any atom is -0.411 e. The Morgan fingerprint density at radius 2 is 1.93 bits per heavy atom. The van der Waals surface area contributed by atoms with Crippen molar-refractivity contribution in [3.8, 4) is 0 Å². The van der Waals surface area contributed by atoms with E-state index in [1.807, 2.05) is 24.3 Å². The number of nitrogens with zero attached hydrogens (tertiary/aromatic N) is 1. The maximum absolute atomic E-state index is 8.50. The average Bonchev–Trinajstić information content (AvgIpc) is 2.06. The largest absolute Gasteiger partial charge is 0.411 e. The van der Waals surface area contributed by atoms with Gasteiger partial charge in [0.15, 0.2) is 0 Å². The summed E-state index contributed by atoms with van der Waals surface area (Å²) < 4.78 is 0.166. The Balaban J connectivity index is 2.96. The lowest BCUT2D eigenvalue weighted by molar-refractivity contribution is 0.322. The van der Waals surface area contributed by atoms with E-state index in [1.165, 1.54) is 6.21 Å². The number of thioether (sulfide) groups is 1. The summed E-state index contributed by atoms with van der Waals surface area (Å²) in [6.45, 7) is 6.47. The van der Waals surface area contributed by atoms with E-state index in [4.69, 9.17) is 5.21 Å². The van der Waals surface area contributed by atoms with E-state index in [0.29, 0.717) is 0 Å². The monoisotopic (exact) mass is 209 g/mol. The lowest BCUT2D eigenvalue weighted by Crippen LogP contribution is -2.07. The van der Waals surface area contributed by atoms with Crippen LogP contribution in [0.3, 0.4) is 0 Å². The summed E-state index contributed by atoms with van der Waals surface area (Å²) in [4.78, 5) is 1.14. The van der Waals surface area contributed by atoms with Crippen LogP contribution >= 0.6 is 11.8 Å². The van der Waals surface area contributed by atoms with Gasteiger partial charge in [-0.2, -0.15) is 0 Å². The van der Waals surface area contributed by atoms with Gasteiger partial charge < -0.3 is 5.21 Å². The zero-order valence-electron chi connectivity index (χ0n) is 8.69. The zero-order valence-corrected chi connectivity index (χ0v) is 9.51. The highest BCUT2D eigenvalue weighted by atomic mass is 32.2. The molecule has 14 heavy (non-hydrogen) atoms.